The van der Waals surface area contributed by atoms with Crippen LogP contribution in [0.3, 0.4) is 0 Å². The van der Waals surface area contributed by atoms with Gasteiger partial charge in [0.05, 0.1) is 19.8 Å². The Labute approximate surface area is 135 Å². The van der Waals surface area contributed by atoms with Gasteiger partial charge in [0.1, 0.15) is 24.4 Å². The molecule has 0 spiro atoms. The van der Waals surface area contributed by atoms with E-state index < -0.39 is 30.4 Å². The number of hydrogen-bond acceptors (Lipinski definition) is 6. The van der Waals surface area contributed by atoms with Crippen molar-refractivity contribution >= 4 is 0 Å². The van der Waals surface area contributed by atoms with Gasteiger partial charge < -0.3 is 28.8 Å². The summed E-state index contributed by atoms with van der Waals surface area (Å²) in [6.07, 6.45) is -2.74. The normalized spacial score (nSPS) is 39.3. The summed E-state index contributed by atoms with van der Waals surface area (Å²) in [7, 11) is 0. The molecule has 5 atom stereocenters. The molecule has 1 aromatic carbocycles. The van der Waals surface area contributed by atoms with E-state index in [-0.39, 0.29) is 6.10 Å². The highest BCUT2D eigenvalue weighted by atomic mass is 16.8. The number of ether oxygens (including phenoxy) is 5. The van der Waals surface area contributed by atoms with Gasteiger partial charge in [0, 0.05) is 0 Å². The molecule has 2 fully saturated rings. The van der Waals surface area contributed by atoms with Crippen molar-refractivity contribution in [2.24, 2.45) is 0 Å². The smallest absolute Gasteiger partial charge is 0.190 e. The summed E-state index contributed by atoms with van der Waals surface area (Å²) in [6, 6.07) is 8.03. The van der Waals surface area contributed by atoms with E-state index in [9.17, 15) is 5.11 Å². The average molecular weight is 322 g/mol. The zero-order chi connectivity index (χ0) is 16.0. The van der Waals surface area contributed by atoms with Crippen molar-refractivity contribution in [2.75, 3.05) is 6.61 Å². The summed E-state index contributed by atoms with van der Waals surface area (Å²) in [4.78, 5) is 0. The lowest BCUT2D eigenvalue weighted by molar-refractivity contribution is -0.234. The molecule has 0 unspecified atom stereocenters. The first-order chi connectivity index (χ1) is 11.0. The van der Waals surface area contributed by atoms with Crippen molar-refractivity contribution < 1.29 is 28.8 Å². The van der Waals surface area contributed by atoms with Crippen LogP contribution in [0.25, 0.3) is 0 Å². The number of aliphatic hydroxyl groups is 1. The van der Waals surface area contributed by atoms with Crippen molar-refractivity contribution in [1.29, 1.82) is 0 Å². The summed E-state index contributed by atoms with van der Waals surface area (Å²) in [5.74, 6) is -0.738. The van der Waals surface area contributed by atoms with Gasteiger partial charge in [0.2, 0.25) is 0 Å². The van der Waals surface area contributed by atoms with E-state index in [1.807, 2.05) is 38.1 Å². The number of hydrogen-bond donors (Lipinski definition) is 1. The molecule has 1 N–H and O–H groups in total. The first kappa shape index (κ1) is 15.5. The first-order valence-electron chi connectivity index (χ1n) is 7.99. The van der Waals surface area contributed by atoms with Crippen LogP contribution in [-0.4, -0.2) is 48.2 Å². The molecule has 3 aliphatic rings. The number of rotatable bonds is 1. The predicted octanol–water partition coefficient (Wildman–Crippen LogP) is 1.34. The van der Waals surface area contributed by atoms with Gasteiger partial charge in [0.15, 0.2) is 12.1 Å². The standard InChI is InChI=1S/C17H22O6/c1-17(2)22-15-13(18)14(21-16(15)23-17)12-9-19-7-10-5-3-4-6-11(10)8-20-12/h3-6,12-16,18H,7-9H2,1-2H3/t12-,13+,14-,15-,16-/m1/s1. The minimum atomic E-state index is -0.801. The SMILES string of the molecule is CC1(C)O[C@H]2O[C@H]([C@H]3COCc4ccccc4CO3)[C@H](O)[C@H]2O1. The largest absolute Gasteiger partial charge is 0.387 e. The molecule has 0 aliphatic carbocycles. The molecule has 126 valence electrons. The third kappa shape index (κ3) is 2.91. The lowest BCUT2D eigenvalue weighted by Crippen LogP contribution is -2.44. The van der Waals surface area contributed by atoms with Crippen molar-refractivity contribution in [3.05, 3.63) is 35.4 Å². The Kier molecular flexibility index (Phi) is 3.91. The fraction of sp³-hybridized carbons (Fsp3) is 0.647. The number of benzene rings is 1. The third-order valence-electron chi connectivity index (χ3n) is 4.53. The topological polar surface area (TPSA) is 66.4 Å². The number of aliphatic hydroxyl groups excluding tert-OH is 1. The van der Waals surface area contributed by atoms with E-state index in [4.69, 9.17) is 23.7 Å². The molecular formula is C17H22O6. The Bertz CT molecular complexity index is 574. The van der Waals surface area contributed by atoms with E-state index in [2.05, 4.69) is 0 Å². The minimum Gasteiger partial charge on any atom is -0.387 e. The summed E-state index contributed by atoms with van der Waals surface area (Å²) < 4.78 is 29.0. The van der Waals surface area contributed by atoms with Gasteiger partial charge >= 0.3 is 0 Å². The van der Waals surface area contributed by atoms with Gasteiger partial charge in [-0.3, -0.25) is 0 Å². The van der Waals surface area contributed by atoms with Gasteiger partial charge in [-0.05, 0) is 25.0 Å². The second kappa shape index (κ2) is 5.81. The van der Waals surface area contributed by atoms with Crippen LogP contribution in [0.5, 0.6) is 0 Å². The lowest BCUT2D eigenvalue weighted by Gasteiger charge is -2.30. The monoisotopic (exact) mass is 322 g/mol. The summed E-state index contributed by atoms with van der Waals surface area (Å²) >= 11 is 0. The molecule has 0 amide bonds. The summed E-state index contributed by atoms with van der Waals surface area (Å²) in [5.41, 5.74) is 2.22. The molecule has 23 heavy (non-hydrogen) atoms. The summed E-state index contributed by atoms with van der Waals surface area (Å²) in [6.45, 7) is 4.98. The fourth-order valence-corrected chi connectivity index (χ4v) is 3.38. The Morgan fingerprint density at radius 2 is 1.78 bits per heavy atom. The highest BCUT2D eigenvalue weighted by molar-refractivity contribution is 5.26. The third-order valence-corrected chi connectivity index (χ3v) is 4.53. The van der Waals surface area contributed by atoms with Crippen LogP contribution in [0.4, 0.5) is 0 Å². The fourth-order valence-electron chi connectivity index (χ4n) is 3.38. The molecule has 0 bridgehead atoms. The highest BCUT2D eigenvalue weighted by Crippen LogP contribution is 2.39. The summed E-state index contributed by atoms with van der Waals surface area (Å²) in [5, 5.41) is 10.5. The lowest BCUT2D eigenvalue weighted by atomic mass is 10.0. The molecule has 0 saturated carbocycles. The van der Waals surface area contributed by atoms with Crippen LogP contribution in [0.1, 0.15) is 25.0 Å². The number of fused-ring (bicyclic) bond motifs is 2. The van der Waals surface area contributed by atoms with E-state index in [0.717, 1.165) is 11.1 Å². The van der Waals surface area contributed by atoms with Crippen LogP contribution >= 0.6 is 0 Å². The van der Waals surface area contributed by atoms with Crippen LogP contribution in [-0.2, 0) is 36.9 Å². The van der Waals surface area contributed by atoms with Crippen LogP contribution in [0, 0.1) is 0 Å². The molecule has 0 aromatic heterocycles. The maximum atomic E-state index is 10.5. The van der Waals surface area contributed by atoms with Crippen molar-refractivity contribution in [3.63, 3.8) is 0 Å². The minimum absolute atomic E-state index is 0.360. The maximum Gasteiger partial charge on any atom is 0.190 e. The molecule has 3 heterocycles. The van der Waals surface area contributed by atoms with Crippen LogP contribution < -0.4 is 0 Å². The second-order valence-electron chi connectivity index (χ2n) is 6.69. The first-order valence-corrected chi connectivity index (χ1v) is 7.99. The van der Waals surface area contributed by atoms with Crippen LogP contribution in [0.15, 0.2) is 24.3 Å². The molecule has 1 aromatic rings. The Hall–Kier alpha value is -1.02. The van der Waals surface area contributed by atoms with Crippen molar-refractivity contribution in [3.8, 4) is 0 Å². The molecular weight excluding hydrogens is 300 g/mol. The molecule has 6 heteroatoms. The zero-order valence-electron chi connectivity index (χ0n) is 13.3. The maximum absolute atomic E-state index is 10.5. The van der Waals surface area contributed by atoms with Gasteiger partial charge in [-0.2, -0.15) is 0 Å². The molecule has 4 rings (SSSR count). The van der Waals surface area contributed by atoms with Gasteiger partial charge in [-0.25, -0.2) is 0 Å². The van der Waals surface area contributed by atoms with E-state index in [1.54, 1.807) is 0 Å². The van der Waals surface area contributed by atoms with Gasteiger partial charge in [0.25, 0.3) is 0 Å². The van der Waals surface area contributed by atoms with Crippen LogP contribution in [0.2, 0.25) is 0 Å². The average Bonchev–Trinajstić information content (AvgIpc) is 2.94. The Balaban J connectivity index is 1.46. The Morgan fingerprint density at radius 3 is 2.52 bits per heavy atom. The predicted molar refractivity (Wildman–Crippen MR) is 79.4 cm³/mol. The van der Waals surface area contributed by atoms with Crippen molar-refractivity contribution in [2.45, 2.75) is 63.6 Å². The highest BCUT2D eigenvalue weighted by Gasteiger charge is 2.56. The van der Waals surface area contributed by atoms with Gasteiger partial charge in [-0.15, -0.1) is 0 Å². The van der Waals surface area contributed by atoms with E-state index in [1.165, 1.54) is 0 Å². The molecule has 2 saturated heterocycles. The van der Waals surface area contributed by atoms with Gasteiger partial charge in [-0.1, -0.05) is 24.3 Å². The van der Waals surface area contributed by atoms with Crippen molar-refractivity contribution in [1.82, 2.24) is 0 Å². The van der Waals surface area contributed by atoms with E-state index in [0.29, 0.717) is 19.8 Å². The second-order valence-corrected chi connectivity index (χ2v) is 6.69. The van der Waals surface area contributed by atoms with E-state index >= 15 is 0 Å². The molecule has 6 nitrogen and oxygen atoms in total. The molecule has 0 radical (unpaired) electrons. The quantitative estimate of drug-likeness (QED) is 0.842. The molecule has 3 aliphatic heterocycles. The Morgan fingerprint density at radius 1 is 1.04 bits per heavy atom. The zero-order valence-corrected chi connectivity index (χ0v) is 13.3.